The van der Waals surface area contributed by atoms with Crippen molar-refractivity contribution in [1.82, 2.24) is 15.2 Å². The lowest BCUT2D eigenvalue weighted by atomic mass is 10.2. The van der Waals surface area contributed by atoms with E-state index < -0.39 is 0 Å². The number of carbonyl (C=O) groups is 1. The number of aromatic nitrogens is 1. The van der Waals surface area contributed by atoms with Gasteiger partial charge < -0.3 is 15.1 Å². The van der Waals surface area contributed by atoms with Gasteiger partial charge in [-0.15, -0.1) is 11.3 Å². The first-order valence-electron chi connectivity index (χ1n) is 9.16. The Bertz CT molecular complexity index is 1060. The first-order chi connectivity index (χ1) is 13.9. The van der Waals surface area contributed by atoms with Crippen molar-refractivity contribution in [3.8, 4) is 0 Å². The molecular formula is C20H19Cl3N4OS. The van der Waals surface area contributed by atoms with Crippen LogP contribution in [0, 0.1) is 0 Å². The van der Waals surface area contributed by atoms with E-state index in [4.69, 9.17) is 34.8 Å². The second-order valence-corrected chi connectivity index (χ2v) is 9.24. The van der Waals surface area contributed by atoms with E-state index in [0.29, 0.717) is 31.9 Å². The number of halogens is 3. The third-order valence-corrected chi connectivity index (χ3v) is 7.11. The van der Waals surface area contributed by atoms with Crippen LogP contribution in [-0.4, -0.2) is 49.0 Å². The zero-order chi connectivity index (χ0) is 20.5. The Balaban J connectivity index is 1.53. The number of piperazine rings is 1. The first-order valence-corrected chi connectivity index (χ1v) is 11.1. The van der Waals surface area contributed by atoms with E-state index >= 15 is 0 Å². The minimum Gasteiger partial charge on any atom is -0.354 e. The molecule has 0 unspecified atom stereocenters. The van der Waals surface area contributed by atoms with Crippen LogP contribution in [0.5, 0.6) is 0 Å². The fourth-order valence-corrected chi connectivity index (χ4v) is 5.68. The van der Waals surface area contributed by atoms with Crippen molar-refractivity contribution in [2.75, 3.05) is 38.1 Å². The standard InChI is InChI=1S/C20H19Cl3N4OS/c1-26-5-7-27(8-6-26)19-12(3-2-4-24-19)11-25-20(28)18-17(23)16-14(22)9-13(21)10-15(16)29-18/h2-4,9-10H,5-8,11H2,1H3,(H,25,28). The molecule has 0 radical (unpaired) electrons. The molecule has 2 aromatic heterocycles. The Morgan fingerprint density at radius 3 is 2.72 bits per heavy atom. The molecule has 0 spiro atoms. The van der Waals surface area contributed by atoms with Gasteiger partial charge in [-0.2, -0.15) is 0 Å². The number of likely N-dealkylation sites (N-methyl/N-ethyl adjacent to an activating group) is 1. The summed E-state index contributed by atoms with van der Waals surface area (Å²) in [4.78, 5) is 22.4. The maximum absolute atomic E-state index is 12.8. The van der Waals surface area contributed by atoms with Crippen LogP contribution >= 0.6 is 46.1 Å². The number of thiophene rings is 1. The van der Waals surface area contributed by atoms with Crippen molar-refractivity contribution in [1.29, 1.82) is 0 Å². The highest BCUT2D eigenvalue weighted by Crippen LogP contribution is 2.41. The molecule has 5 nitrogen and oxygen atoms in total. The smallest absolute Gasteiger partial charge is 0.263 e. The predicted octanol–water partition coefficient (Wildman–Crippen LogP) is 4.94. The average molecular weight is 470 g/mol. The summed E-state index contributed by atoms with van der Waals surface area (Å²) in [5.41, 5.74) is 0.976. The van der Waals surface area contributed by atoms with Gasteiger partial charge in [0.1, 0.15) is 10.7 Å². The largest absolute Gasteiger partial charge is 0.354 e. The summed E-state index contributed by atoms with van der Waals surface area (Å²) in [6.45, 7) is 4.17. The number of hydrogen-bond acceptors (Lipinski definition) is 5. The van der Waals surface area contributed by atoms with E-state index in [-0.39, 0.29) is 5.91 Å². The average Bonchev–Trinajstić information content (AvgIpc) is 3.03. The van der Waals surface area contributed by atoms with Crippen molar-refractivity contribution in [2.45, 2.75) is 6.54 Å². The first kappa shape index (κ1) is 20.7. The Morgan fingerprint density at radius 1 is 1.21 bits per heavy atom. The number of anilines is 1. The lowest BCUT2D eigenvalue weighted by Crippen LogP contribution is -2.45. The van der Waals surface area contributed by atoms with Crippen molar-refractivity contribution < 1.29 is 4.79 Å². The van der Waals surface area contributed by atoms with Crippen LogP contribution in [0.4, 0.5) is 5.82 Å². The third-order valence-electron chi connectivity index (χ3n) is 4.97. The van der Waals surface area contributed by atoms with Gasteiger partial charge in [-0.25, -0.2) is 4.98 Å². The topological polar surface area (TPSA) is 48.5 Å². The van der Waals surface area contributed by atoms with Crippen LogP contribution in [0.15, 0.2) is 30.5 Å². The fraction of sp³-hybridized carbons (Fsp3) is 0.300. The Morgan fingerprint density at radius 2 is 1.97 bits per heavy atom. The monoisotopic (exact) mass is 468 g/mol. The van der Waals surface area contributed by atoms with Gasteiger partial charge in [-0.3, -0.25) is 4.79 Å². The number of carbonyl (C=O) groups excluding carboxylic acids is 1. The number of pyridine rings is 1. The molecule has 1 fully saturated rings. The number of nitrogens with zero attached hydrogens (tertiary/aromatic N) is 3. The number of hydrogen-bond donors (Lipinski definition) is 1. The highest BCUT2D eigenvalue weighted by atomic mass is 35.5. The lowest BCUT2D eigenvalue weighted by Gasteiger charge is -2.34. The van der Waals surface area contributed by atoms with E-state index in [1.165, 1.54) is 11.3 Å². The second kappa shape index (κ2) is 8.66. The van der Waals surface area contributed by atoms with E-state index in [1.807, 2.05) is 12.1 Å². The molecule has 1 amide bonds. The van der Waals surface area contributed by atoms with Crippen molar-refractivity contribution in [3.05, 3.63) is 56.0 Å². The fourth-order valence-electron chi connectivity index (χ4n) is 3.38. The molecule has 29 heavy (non-hydrogen) atoms. The third kappa shape index (κ3) is 4.32. The Labute approximate surface area is 188 Å². The van der Waals surface area contributed by atoms with E-state index in [0.717, 1.165) is 42.3 Å². The molecule has 152 valence electrons. The van der Waals surface area contributed by atoms with Crippen LogP contribution in [0.2, 0.25) is 15.1 Å². The normalized spacial score (nSPS) is 15.1. The highest BCUT2D eigenvalue weighted by Gasteiger charge is 2.21. The summed E-state index contributed by atoms with van der Waals surface area (Å²) in [5, 5.41) is 4.94. The van der Waals surface area contributed by atoms with Crippen LogP contribution in [-0.2, 0) is 6.54 Å². The summed E-state index contributed by atoms with van der Waals surface area (Å²) in [6.07, 6.45) is 1.79. The number of fused-ring (bicyclic) bond motifs is 1. The van der Waals surface area contributed by atoms with E-state index in [1.54, 1.807) is 18.3 Å². The van der Waals surface area contributed by atoms with Gasteiger partial charge in [0, 0.05) is 59.6 Å². The molecule has 4 rings (SSSR count). The summed E-state index contributed by atoms with van der Waals surface area (Å²) >= 11 is 20.1. The molecule has 1 N–H and O–H groups in total. The predicted molar refractivity (Wildman–Crippen MR) is 122 cm³/mol. The van der Waals surface area contributed by atoms with Gasteiger partial charge in [0.05, 0.1) is 10.0 Å². The van der Waals surface area contributed by atoms with Crippen LogP contribution in [0.25, 0.3) is 10.1 Å². The minimum absolute atomic E-state index is 0.239. The van der Waals surface area contributed by atoms with Gasteiger partial charge in [-0.1, -0.05) is 40.9 Å². The lowest BCUT2D eigenvalue weighted by molar-refractivity contribution is 0.0955. The summed E-state index contributed by atoms with van der Waals surface area (Å²) in [5.74, 6) is 0.676. The van der Waals surface area contributed by atoms with Gasteiger partial charge in [0.25, 0.3) is 5.91 Å². The quantitative estimate of drug-likeness (QED) is 0.588. The minimum atomic E-state index is -0.239. The van der Waals surface area contributed by atoms with Crippen LogP contribution in [0.1, 0.15) is 15.2 Å². The molecule has 0 aliphatic carbocycles. The number of rotatable bonds is 4. The maximum Gasteiger partial charge on any atom is 0.263 e. The Kier molecular flexibility index (Phi) is 6.18. The van der Waals surface area contributed by atoms with Gasteiger partial charge in [-0.05, 0) is 25.2 Å². The van der Waals surface area contributed by atoms with Crippen molar-refractivity contribution in [2.24, 2.45) is 0 Å². The number of benzene rings is 1. The molecule has 1 saturated heterocycles. The molecule has 0 saturated carbocycles. The van der Waals surface area contributed by atoms with Crippen molar-refractivity contribution >= 4 is 68.0 Å². The zero-order valence-electron chi connectivity index (χ0n) is 15.7. The summed E-state index contributed by atoms with van der Waals surface area (Å²) in [7, 11) is 2.12. The van der Waals surface area contributed by atoms with Crippen LogP contribution < -0.4 is 10.2 Å². The summed E-state index contributed by atoms with van der Waals surface area (Å²) < 4.78 is 0.789. The molecule has 0 bridgehead atoms. The molecule has 1 aromatic carbocycles. The van der Waals surface area contributed by atoms with Gasteiger partial charge in [0.15, 0.2) is 0 Å². The molecule has 9 heteroatoms. The van der Waals surface area contributed by atoms with Crippen molar-refractivity contribution in [3.63, 3.8) is 0 Å². The molecule has 3 aromatic rings. The second-order valence-electron chi connectivity index (χ2n) is 6.97. The summed E-state index contributed by atoms with van der Waals surface area (Å²) in [6, 6.07) is 7.27. The van der Waals surface area contributed by atoms with E-state index in [2.05, 4.69) is 27.1 Å². The van der Waals surface area contributed by atoms with Gasteiger partial charge >= 0.3 is 0 Å². The van der Waals surface area contributed by atoms with Crippen LogP contribution in [0.3, 0.4) is 0 Å². The molecular weight excluding hydrogens is 451 g/mol. The molecule has 3 heterocycles. The maximum atomic E-state index is 12.8. The number of amides is 1. The number of nitrogens with one attached hydrogen (secondary N) is 1. The SMILES string of the molecule is CN1CCN(c2ncccc2CNC(=O)c2sc3cc(Cl)cc(Cl)c3c2Cl)CC1. The Hall–Kier alpha value is -1.57. The molecule has 0 atom stereocenters. The molecule has 1 aliphatic heterocycles. The molecule has 1 aliphatic rings. The van der Waals surface area contributed by atoms with E-state index in [9.17, 15) is 4.79 Å². The zero-order valence-corrected chi connectivity index (χ0v) is 18.8. The highest BCUT2D eigenvalue weighted by molar-refractivity contribution is 7.21. The van der Waals surface area contributed by atoms with Gasteiger partial charge in [0.2, 0.25) is 0 Å².